The summed E-state index contributed by atoms with van der Waals surface area (Å²) in [5, 5.41) is 0. The minimum atomic E-state index is 0. The molecule has 0 unspecified atom stereocenters. The molecule has 0 aromatic rings. The summed E-state index contributed by atoms with van der Waals surface area (Å²) in [6.07, 6.45) is 3.49. The fraction of sp³-hybridized carbons (Fsp3) is 0.600. The predicted molar refractivity (Wildman–Crippen MR) is 49.1 cm³/mol. The number of quaternary nitrogens is 1. The van der Waals surface area contributed by atoms with Crippen LogP contribution in [-0.4, -0.2) is 25.6 Å². The molecule has 0 spiro atoms. The number of rotatable bonds is 1. The van der Waals surface area contributed by atoms with E-state index in [9.17, 15) is 0 Å². The van der Waals surface area contributed by atoms with E-state index in [1.807, 2.05) is 0 Å². The van der Waals surface area contributed by atoms with Crippen molar-refractivity contribution in [1.29, 1.82) is 0 Å². The van der Waals surface area contributed by atoms with Crippen LogP contribution in [0.1, 0.15) is 20.3 Å². The van der Waals surface area contributed by atoms with Crippen LogP contribution in [0.3, 0.4) is 0 Å². The molecule has 0 radical (unpaired) electrons. The Kier molecular flexibility index (Phi) is 3.96. The standard InChI is InChI=1S/C10H18N.Ti/c1-8-6-7-10(9(8)2)11(3,4)5;/h7H,6H2,1-5H3;/q+1;. The molecule has 0 bridgehead atoms. The molecular formula is C10H18NTi+. The summed E-state index contributed by atoms with van der Waals surface area (Å²) in [5.41, 5.74) is 4.48. The molecule has 1 rings (SSSR count). The Morgan fingerprint density at radius 3 is 1.83 bits per heavy atom. The molecule has 1 aliphatic rings. The van der Waals surface area contributed by atoms with Crippen molar-refractivity contribution in [3.63, 3.8) is 0 Å². The molecule has 0 aromatic heterocycles. The van der Waals surface area contributed by atoms with E-state index >= 15 is 0 Å². The Hall–Kier alpha value is 0.154. The van der Waals surface area contributed by atoms with Gasteiger partial charge in [-0.05, 0) is 26.3 Å². The average molecular weight is 200 g/mol. The molecule has 0 aromatic carbocycles. The van der Waals surface area contributed by atoms with E-state index in [0.29, 0.717) is 0 Å². The van der Waals surface area contributed by atoms with Gasteiger partial charge >= 0.3 is 0 Å². The average Bonchev–Trinajstić information content (AvgIpc) is 2.11. The van der Waals surface area contributed by atoms with Gasteiger partial charge in [0.05, 0.1) is 21.1 Å². The van der Waals surface area contributed by atoms with E-state index in [2.05, 4.69) is 41.1 Å². The van der Waals surface area contributed by atoms with Crippen molar-refractivity contribution in [2.75, 3.05) is 21.1 Å². The van der Waals surface area contributed by atoms with Crippen molar-refractivity contribution >= 4 is 0 Å². The molecule has 0 fully saturated rings. The van der Waals surface area contributed by atoms with Gasteiger partial charge in [0.1, 0.15) is 5.70 Å². The first-order valence-electron chi connectivity index (χ1n) is 4.12. The number of hydrogen-bond acceptors (Lipinski definition) is 0. The van der Waals surface area contributed by atoms with Crippen molar-refractivity contribution in [2.24, 2.45) is 0 Å². The summed E-state index contributed by atoms with van der Waals surface area (Å²) in [5.74, 6) is 0. The maximum absolute atomic E-state index is 2.34. The van der Waals surface area contributed by atoms with Gasteiger partial charge in [0.2, 0.25) is 0 Å². The number of allylic oxidation sites excluding steroid dienone is 3. The van der Waals surface area contributed by atoms with Gasteiger partial charge in [-0.2, -0.15) is 0 Å². The number of likely N-dealkylation sites (N-methyl/N-ethyl adjacent to an activating group) is 1. The third-order valence-corrected chi connectivity index (χ3v) is 2.35. The van der Waals surface area contributed by atoms with Gasteiger partial charge in [-0.25, -0.2) is 0 Å². The third kappa shape index (κ3) is 2.32. The normalized spacial score (nSPS) is 17.6. The minimum Gasteiger partial charge on any atom is -0.298 e. The smallest absolute Gasteiger partial charge is 0.131 e. The van der Waals surface area contributed by atoms with Crippen molar-refractivity contribution in [2.45, 2.75) is 20.3 Å². The Labute approximate surface area is 90.6 Å². The fourth-order valence-corrected chi connectivity index (χ4v) is 1.55. The molecule has 0 saturated heterocycles. The molecule has 0 heterocycles. The summed E-state index contributed by atoms with van der Waals surface area (Å²) in [6.45, 7) is 4.44. The van der Waals surface area contributed by atoms with Crippen LogP contribution in [0.15, 0.2) is 22.9 Å². The molecule has 1 aliphatic carbocycles. The third-order valence-electron chi connectivity index (χ3n) is 2.35. The van der Waals surface area contributed by atoms with Crippen molar-refractivity contribution in [3.05, 3.63) is 22.9 Å². The second kappa shape index (κ2) is 3.91. The van der Waals surface area contributed by atoms with Gasteiger partial charge in [0.15, 0.2) is 0 Å². The Morgan fingerprint density at radius 2 is 1.67 bits per heavy atom. The molecule has 0 amide bonds. The predicted octanol–water partition coefficient (Wildman–Crippen LogP) is 2.31. The summed E-state index contributed by atoms with van der Waals surface area (Å²) in [6, 6.07) is 0. The van der Waals surface area contributed by atoms with Crippen LogP contribution in [0.2, 0.25) is 0 Å². The van der Waals surface area contributed by atoms with Crippen molar-refractivity contribution in [3.8, 4) is 0 Å². The first kappa shape index (κ1) is 12.2. The van der Waals surface area contributed by atoms with Gasteiger partial charge < -0.3 is 0 Å². The monoisotopic (exact) mass is 200 g/mol. The Balaban J connectivity index is 0.00000121. The van der Waals surface area contributed by atoms with Crippen LogP contribution >= 0.6 is 0 Å². The van der Waals surface area contributed by atoms with Gasteiger partial charge in [0.25, 0.3) is 0 Å². The maximum atomic E-state index is 2.34. The van der Waals surface area contributed by atoms with Gasteiger partial charge in [-0.1, -0.05) is 5.57 Å². The zero-order chi connectivity index (χ0) is 8.65. The van der Waals surface area contributed by atoms with Crippen molar-refractivity contribution in [1.82, 2.24) is 0 Å². The SMILES string of the molecule is CC1=C(C)C([N+](C)(C)C)=CC1.[Ti]. The van der Waals surface area contributed by atoms with Crippen LogP contribution in [-0.2, 0) is 21.7 Å². The van der Waals surface area contributed by atoms with E-state index in [1.54, 1.807) is 0 Å². The zero-order valence-electron chi connectivity index (χ0n) is 8.73. The van der Waals surface area contributed by atoms with E-state index in [4.69, 9.17) is 0 Å². The second-order valence-corrected chi connectivity index (χ2v) is 4.21. The first-order valence-corrected chi connectivity index (χ1v) is 4.12. The van der Waals surface area contributed by atoms with Crippen LogP contribution in [0.4, 0.5) is 0 Å². The molecule has 66 valence electrons. The number of nitrogens with zero attached hydrogens (tertiary/aromatic N) is 1. The zero-order valence-corrected chi connectivity index (χ0v) is 10.3. The van der Waals surface area contributed by atoms with Gasteiger partial charge in [0, 0.05) is 27.3 Å². The largest absolute Gasteiger partial charge is 0.298 e. The van der Waals surface area contributed by atoms with Crippen LogP contribution < -0.4 is 0 Å². The first-order chi connectivity index (χ1) is 4.93. The number of hydrogen-bond donors (Lipinski definition) is 0. The summed E-state index contributed by atoms with van der Waals surface area (Å²) in [7, 11) is 6.65. The fourth-order valence-electron chi connectivity index (χ4n) is 1.55. The summed E-state index contributed by atoms with van der Waals surface area (Å²) in [4.78, 5) is 0. The minimum absolute atomic E-state index is 0. The maximum Gasteiger partial charge on any atom is 0.131 e. The van der Waals surface area contributed by atoms with Crippen LogP contribution in [0.5, 0.6) is 0 Å². The van der Waals surface area contributed by atoms with Crippen LogP contribution in [0, 0.1) is 0 Å². The van der Waals surface area contributed by atoms with Gasteiger partial charge in [-0.3, -0.25) is 4.48 Å². The molecule has 1 nitrogen and oxygen atoms in total. The van der Waals surface area contributed by atoms with Gasteiger partial charge in [-0.15, -0.1) is 0 Å². The molecule has 0 N–H and O–H groups in total. The Bertz CT molecular complexity index is 231. The topological polar surface area (TPSA) is 0 Å². The summed E-state index contributed by atoms with van der Waals surface area (Å²) < 4.78 is 0.948. The Morgan fingerprint density at radius 1 is 1.17 bits per heavy atom. The molecule has 0 aliphatic heterocycles. The molecular weight excluding hydrogens is 182 g/mol. The molecule has 12 heavy (non-hydrogen) atoms. The molecule has 2 heteroatoms. The van der Waals surface area contributed by atoms with E-state index in [-0.39, 0.29) is 21.7 Å². The summed E-state index contributed by atoms with van der Waals surface area (Å²) >= 11 is 0. The quantitative estimate of drug-likeness (QED) is 0.450. The van der Waals surface area contributed by atoms with E-state index < -0.39 is 0 Å². The molecule has 0 atom stereocenters. The van der Waals surface area contributed by atoms with Crippen LogP contribution in [0.25, 0.3) is 0 Å². The molecule has 0 saturated carbocycles. The van der Waals surface area contributed by atoms with E-state index in [0.717, 1.165) is 10.9 Å². The second-order valence-electron chi connectivity index (χ2n) is 4.21. The van der Waals surface area contributed by atoms with Crippen molar-refractivity contribution < 1.29 is 26.2 Å². The van der Waals surface area contributed by atoms with E-state index in [1.165, 1.54) is 16.8 Å².